The topological polar surface area (TPSA) is 55.9 Å². The molecule has 2 aromatic rings. The van der Waals surface area contributed by atoms with E-state index < -0.39 is 0 Å². The third kappa shape index (κ3) is 2.00. The molecule has 4 heteroatoms. The maximum Gasteiger partial charge on any atom is 0.0576 e. The van der Waals surface area contributed by atoms with E-state index in [-0.39, 0.29) is 0 Å². The highest BCUT2D eigenvalue weighted by Crippen LogP contribution is 2.18. The first-order valence-electron chi connectivity index (χ1n) is 5.24. The van der Waals surface area contributed by atoms with Crippen molar-refractivity contribution in [2.75, 3.05) is 11.1 Å². The summed E-state index contributed by atoms with van der Waals surface area (Å²) in [5.41, 5.74) is 9.93. The number of para-hydroxylation sites is 2. The molecule has 4 nitrogen and oxygen atoms in total. The van der Waals surface area contributed by atoms with E-state index in [4.69, 9.17) is 5.73 Å². The quantitative estimate of drug-likeness (QED) is 0.771. The molecule has 0 aliphatic carbocycles. The third-order valence-corrected chi connectivity index (χ3v) is 2.77. The molecule has 84 valence electrons. The zero-order valence-electron chi connectivity index (χ0n) is 9.57. The van der Waals surface area contributed by atoms with Crippen LogP contribution >= 0.6 is 0 Å². The lowest BCUT2D eigenvalue weighted by molar-refractivity contribution is 0.738. The predicted molar refractivity (Wildman–Crippen MR) is 66.1 cm³/mol. The van der Waals surface area contributed by atoms with Crippen molar-refractivity contribution in [1.82, 2.24) is 9.78 Å². The molecule has 16 heavy (non-hydrogen) atoms. The molecule has 0 amide bonds. The number of nitrogens with one attached hydrogen (secondary N) is 1. The Balaban J connectivity index is 2.08. The van der Waals surface area contributed by atoms with Gasteiger partial charge in [-0.15, -0.1) is 0 Å². The number of hydrogen-bond acceptors (Lipinski definition) is 3. The fraction of sp³-hybridized carbons (Fsp3) is 0.250. The second-order valence-corrected chi connectivity index (χ2v) is 3.82. The lowest BCUT2D eigenvalue weighted by Gasteiger charge is -2.08. The highest BCUT2D eigenvalue weighted by atomic mass is 15.3. The van der Waals surface area contributed by atoms with Gasteiger partial charge in [-0.05, 0) is 19.1 Å². The standard InChI is InChI=1S/C12H16N4/c1-9-10(8-15-16(9)2)7-14-12-6-4-3-5-11(12)13/h3-6,8,14H,7,13H2,1-2H3. The van der Waals surface area contributed by atoms with Crippen LogP contribution < -0.4 is 11.1 Å². The van der Waals surface area contributed by atoms with Crippen molar-refractivity contribution in [3.63, 3.8) is 0 Å². The van der Waals surface area contributed by atoms with Crippen LogP contribution in [-0.2, 0) is 13.6 Å². The predicted octanol–water partition coefficient (Wildman–Crippen LogP) is 1.92. The number of rotatable bonds is 3. The van der Waals surface area contributed by atoms with E-state index in [9.17, 15) is 0 Å². The van der Waals surface area contributed by atoms with Crippen LogP contribution in [0, 0.1) is 6.92 Å². The smallest absolute Gasteiger partial charge is 0.0576 e. The molecule has 0 bridgehead atoms. The largest absolute Gasteiger partial charge is 0.397 e. The highest BCUT2D eigenvalue weighted by molar-refractivity contribution is 5.65. The SMILES string of the molecule is Cc1c(CNc2ccccc2N)cnn1C. The number of aryl methyl sites for hydroxylation is 1. The summed E-state index contributed by atoms with van der Waals surface area (Å²) in [5, 5.41) is 7.50. The third-order valence-electron chi connectivity index (χ3n) is 2.77. The first kappa shape index (κ1) is 10.5. The maximum atomic E-state index is 5.84. The first-order valence-corrected chi connectivity index (χ1v) is 5.24. The van der Waals surface area contributed by atoms with Crippen LogP contribution in [0.25, 0.3) is 0 Å². The van der Waals surface area contributed by atoms with E-state index in [0.29, 0.717) is 0 Å². The Labute approximate surface area is 95.1 Å². The highest BCUT2D eigenvalue weighted by Gasteiger charge is 2.03. The van der Waals surface area contributed by atoms with Gasteiger partial charge >= 0.3 is 0 Å². The second kappa shape index (κ2) is 4.26. The summed E-state index contributed by atoms with van der Waals surface area (Å²) in [4.78, 5) is 0. The molecule has 2 rings (SSSR count). The van der Waals surface area contributed by atoms with Crippen molar-refractivity contribution in [3.8, 4) is 0 Å². The second-order valence-electron chi connectivity index (χ2n) is 3.82. The lowest BCUT2D eigenvalue weighted by atomic mass is 10.2. The molecule has 0 spiro atoms. The van der Waals surface area contributed by atoms with Gasteiger partial charge in [0.2, 0.25) is 0 Å². The van der Waals surface area contributed by atoms with Crippen LogP contribution in [0.1, 0.15) is 11.3 Å². The Morgan fingerprint density at radius 1 is 1.38 bits per heavy atom. The van der Waals surface area contributed by atoms with Gasteiger partial charge < -0.3 is 11.1 Å². The molecule has 1 heterocycles. The van der Waals surface area contributed by atoms with Gasteiger partial charge in [-0.25, -0.2) is 0 Å². The van der Waals surface area contributed by atoms with Crippen LogP contribution in [0.5, 0.6) is 0 Å². The minimum atomic E-state index is 0.744. The summed E-state index contributed by atoms with van der Waals surface area (Å²) < 4.78 is 1.87. The number of anilines is 2. The van der Waals surface area contributed by atoms with Gasteiger partial charge in [-0.3, -0.25) is 4.68 Å². The monoisotopic (exact) mass is 216 g/mol. The van der Waals surface area contributed by atoms with Gasteiger partial charge in [0.1, 0.15) is 0 Å². The number of nitrogens with two attached hydrogens (primary N) is 1. The molecular formula is C12H16N4. The molecule has 0 atom stereocenters. The van der Waals surface area contributed by atoms with Gasteiger partial charge in [-0.1, -0.05) is 12.1 Å². The summed E-state index contributed by atoms with van der Waals surface area (Å²) in [6.45, 7) is 2.80. The normalized spacial score (nSPS) is 10.4. The number of aromatic nitrogens is 2. The molecule has 0 radical (unpaired) electrons. The average Bonchev–Trinajstić information content (AvgIpc) is 2.59. The van der Waals surface area contributed by atoms with Crippen molar-refractivity contribution in [3.05, 3.63) is 41.7 Å². The zero-order chi connectivity index (χ0) is 11.5. The fourth-order valence-corrected chi connectivity index (χ4v) is 1.57. The Morgan fingerprint density at radius 2 is 2.12 bits per heavy atom. The molecule has 3 N–H and O–H groups in total. The zero-order valence-corrected chi connectivity index (χ0v) is 9.57. The maximum absolute atomic E-state index is 5.84. The summed E-state index contributed by atoms with van der Waals surface area (Å²) in [6, 6.07) is 7.75. The summed E-state index contributed by atoms with van der Waals surface area (Å²) in [6.07, 6.45) is 1.88. The molecular weight excluding hydrogens is 200 g/mol. The van der Waals surface area contributed by atoms with Crippen LogP contribution in [0.15, 0.2) is 30.5 Å². The minimum Gasteiger partial charge on any atom is -0.397 e. The number of nitrogen functional groups attached to an aromatic ring is 1. The summed E-state index contributed by atoms with van der Waals surface area (Å²) >= 11 is 0. The molecule has 1 aromatic carbocycles. The fourth-order valence-electron chi connectivity index (χ4n) is 1.57. The molecule has 0 fully saturated rings. The molecule has 1 aromatic heterocycles. The number of nitrogens with zero attached hydrogens (tertiary/aromatic N) is 2. The van der Waals surface area contributed by atoms with E-state index in [1.807, 2.05) is 42.2 Å². The molecule has 0 saturated heterocycles. The van der Waals surface area contributed by atoms with Gasteiger partial charge in [0.25, 0.3) is 0 Å². The lowest BCUT2D eigenvalue weighted by Crippen LogP contribution is -2.03. The number of hydrogen-bond donors (Lipinski definition) is 2. The molecule has 0 saturated carbocycles. The van der Waals surface area contributed by atoms with E-state index in [2.05, 4.69) is 17.3 Å². The Bertz CT molecular complexity index is 488. The van der Waals surface area contributed by atoms with Crippen LogP contribution in [0.3, 0.4) is 0 Å². The van der Waals surface area contributed by atoms with Crippen LogP contribution in [0.4, 0.5) is 11.4 Å². The van der Waals surface area contributed by atoms with E-state index in [1.165, 1.54) is 11.3 Å². The van der Waals surface area contributed by atoms with Crippen molar-refractivity contribution >= 4 is 11.4 Å². The first-order chi connectivity index (χ1) is 7.68. The van der Waals surface area contributed by atoms with Crippen LogP contribution in [0.2, 0.25) is 0 Å². The Morgan fingerprint density at radius 3 is 2.75 bits per heavy atom. The molecule has 0 aliphatic rings. The summed E-state index contributed by atoms with van der Waals surface area (Å²) in [5.74, 6) is 0. The number of benzene rings is 1. The van der Waals surface area contributed by atoms with E-state index in [1.54, 1.807) is 0 Å². The molecule has 0 aliphatic heterocycles. The van der Waals surface area contributed by atoms with E-state index in [0.717, 1.165) is 17.9 Å². The van der Waals surface area contributed by atoms with Gasteiger partial charge in [0.15, 0.2) is 0 Å². The summed E-state index contributed by atoms with van der Waals surface area (Å²) in [7, 11) is 1.94. The van der Waals surface area contributed by atoms with Crippen molar-refractivity contribution in [2.24, 2.45) is 7.05 Å². The molecule has 0 unspecified atom stereocenters. The van der Waals surface area contributed by atoms with Gasteiger partial charge in [0.05, 0.1) is 17.6 Å². The van der Waals surface area contributed by atoms with Crippen LogP contribution in [-0.4, -0.2) is 9.78 Å². The van der Waals surface area contributed by atoms with Crippen molar-refractivity contribution < 1.29 is 0 Å². The van der Waals surface area contributed by atoms with Gasteiger partial charge in [-0.2, -0.15) is 5.10 Å². The Hall–Kier alpha value is -1.97. The minimum absolute atomic E-state index is 0.744. The van der Waals surface area contributed by atoms with E-state index >= 15 is 0 Å². The van der Waals surface area contributed by atoms with Crippen molar-refractivity contribution in [2.45, 2.75) is 13.5 Å². The Kier molecular flexibility index (Phi) is 2.81. The average molecular weight is 216 g/mol. The van der Waals surface area contributed by atoms with Gasteiger partial charge in [0, 0.05) is 24.8 Å². The van der Waals surface area contributed by atoms with Crippen molar-refractivity contribution in [1.29, 1.82) is 0 Å².